The third kappa shape index (κ3) is 2.97. The van der Waals surface area contributed by atoms with Crippen LogP contribution >= 0.6 is 23.5 Å². The van der Waals surface area contributed by atoms with E-state index in [-0.39, 0.29) is 6.54 Å². The van der Waals surface area contributed by atoms with Crippen molar-refractivity contribution in [2.24, 2.45) is 0 Å². The van der Waals surface area contributed by atoms with Gasteiger partial charge < -0.3 is 4.90 Å². The van der Waals surface area contributed by atoms with E-state index in [4.69, 9.17) is 0 Å². The number of amides is 1. The van der Waals surface area contributed by atoms with E-state index in [1.807, 2.05) is 6.07 Å². The average Bonchev–Trinajstić information content (AvgIpc) is 2.70. The lowest BCUT2D eigenvalue weighted by Crippen LogP contribution is -2.43. The molecule has 0 radical (unpaired) electrons. The molecule has 6 heteroatoms. The number of likely N-dealkylation sites (tertiary alicyclic amines) is 1. The zero-order valence-corrected chi connectivity index (χ0v) is 14.0. The molecule has 2 aromatic carbocycles. The van der Waals surface area contributed by atoms with E-state index in [1.165, 1.54) is 7.05 Å². The molecule has 1 saturated heterocycles. The van der Waals surface area contributed by atoms with E-state index in [2.05, 4.69) is 0 Å². The smallest absolute Gasteiger partial charge is 0.283 e. The fraction of sp³-hybridized carbons (Fsp3) is 0.235. The molecule has 0 aromatic heterocycles. The van der Waals surface area contributed by atoms with Gasteiger partial charge in [0.15, 0.2) is 0 Å². The number of hydrogen-bond donors (Lipinski definition) is 0. The van der Waals surface area contributed by atoms with Crippen LogP contribution < -0.4 is 0 Å². The van der Waals surface area contributed by atoms with Crippen LogP contribution in [0, 0.1) is 0 Å². The summed E-state index contributed by atoms with van der Waals surface area (Å²) < 4.78 is 31.1. The fourth-order valence-electron chi connectivity index (χ4n) is 2.43. The highest BCUT2D eigenvalue weighted by Crippen LogP contribution is 2.56. The standard InChI is InChI=1S/C17H15F2NOS2/c1-20-12-16(18,22-13-8-4-2-5-9-13)17(19,15(20)21)23-14-10-6-3-7-11-14/h2-11H,12H2,1H3/t16-,17-/m1/s1. The van der Waals surface area contributed by atoms with Crippen molar-refractivity contribution in [3.63, 3.8) is 0 Å². The Hall–Kier alpha value is -1.53. The summed E-state index contributed by atoms with van der Waals surface area (Å²) in [7, 11) is 1.43. The van der Waals surface area contributed by atoms with Crippen molar-refractivity contribution in [3.05, 3.63) is 60.7 Å². The lowest BCUT2D eigenvalue weighted by Gasteiger charge is -2.29. The Labute approximate surface area is 142 Å². The zero-order chi connectivity index (χ0) is 16.5. The van der Waals surface area contributed by atoms with Gasteiger partial charge in [-0.2, -0.15) is 0 Å². The first-order chi connectivity index (χ1) is 10.9. The summed E-state index contributed by atoms with van der Waals surface area (Å²) in [5, 5.41) is -5.02. The Morgan fingerprint density at radius 2 is 1.39 bits per heavy atom. The van der Waals surface area contributed by atoms with Gasteiger partial charge in [-0.3, -0.25) is 4.79 Å². The Bertz CT molecular complexity index is 700. The summed E-state index contributed by atoms with van der Waals surface area (Å²) in [4.78, 5) is 14.5. The third-order valence-electron chi connectivity index (χ3n) is 3.57. The van der Waals surface area contributed by atoms with Crippen molar-refractivity contribution in [3.8, 4) is 0 Å². The Morgan fingerprint density at radius 1 is 0.913 bits per heavy atom. The second-order valence-electron chi connectivity index (χ2n) is 5.32. The normalized spacial score (nSPS) is 27.4. The van der Waals surface area contributed by atoms with Crippen LogP contribution in [0.25, 0.3) is 0 Å². The summed E-state index contributed by atoms with van der Waals surface area (Å²) in [5.74, 6) is -0.836. The SMILES string of the molecule is CN1C[C@@](F)(Sc2ccccc2)[C@](F)(Sc2ccccc2)C1=O. The number of nitrogens with zero attached hydrogens (tertiary/aromatic N) is 1. The molecule has 1 fully saturated rings. The molecule has 120 valence electrons. The van der Waals surface area contributed by atoms with Gasteiger partial charge in [-0.05, 0) is 24.3 Å². The molecule has 1 aliphatic heterocycles. The molecule has 0 N–H and O–H groups in total. The van der Waals surface area contributed by atoms with Gasteiger partial charge in [-0.1, -0.05) is 59.9 Å². The topological polar surface area (TPSA) is 20.3 Å². The van der Waals surface area contributed by atoms with E-state index in [0.717, 1.165) is 16.7 Å². The lowest BCUT2D eigenvalue weighted by atomic mass is 10.3. The number of halogens is 2. The second kappa shape index (κ2) is 6.17. The van der Waals surface area contributed by atoms with Crippen LogP contribution in [-0.4, -0.2) is 34.4 Å². The van der Waals surface area contributed by atoms with E-state index in [0.29, 0.717) is 21.6 Å². The number of rotatable bonds is 4. The Kier molecular flexibility index (Phi) is 4.38. The first kappa shape index (κ1) is 16.3. The van der Waals surface area contributed by atoms with Crippen molar-refractivity contribution in [1.29, 1.82) is 0 Å². The minimum absolute atomic E-state index is 0.290. The van der Waals surface area contributed by atoms with Gasteiger partial charge in [0, 0.05) is 16.8 Å². The average molecular weight is 351 g/mol. The molecule has 1 amide bonds. The van der Waals surface area contributed by atoms with Crippen molar-refractivity contribution < 1.29 is 13.6 Å². The van der Waals surface area contributed by atoms with Gasteiger partial charge in [-0.15, -0.1) is 0 Å². The van der Waals surface area contributed by atoms with Gasteiger partial charge >= 0.3 is 0 Å². The number of benzene rings is 2. The highest BCUT2D eigenvalue weighted by Gasteiger charge is 2.67. The van der Waals surface area contributed by atoms with E-state index in [1.54, 1.807) is 54.6 Å². The summed E-state index contributed by atoms with van der Waals surface area (Å²) in [6.07, 6.45) is 0. The summed E-state index contributed by atoms with van der Waals surface area (Å²) in [6, 6.07) is 17.4. The van der Waals surface area contributed by atoms with E-state index in [9.17, 15) is 4.79 Å². The van der Waals surface area contributed by atoms with E-state index < -0.39 is 15.9 Å². The molecule has 2 atom stereocenters. The van der Waals surface area contributed by atoms with Gasteiger partial charge in [0.25, 0.3) is 10.9 Å². The summed E-state index contributed by atoms with van der Waals surface area (Å²) in [5.41, 5.74) is 0. The monoisotopic (exact) mass is 351 g/mol. The summed E-state index contributed by atoms with van der Waals surface area (Å²) >= 11 is 1.40. The Morgan fingerprint density at radius 3 is 1.91 bits per heavy atom. The summed E-state index contributed by atoms with van der Waals surface area (Å²) in [6.45, 7) is -0.290. The largest absolute Gasteiger partial charge is 0.338 e. The maximum Gasteiger partial charge on any atom is 0.283 e. The van der Waals surface area contributed by atoms with Crippen LogP contribution in [0.4, 0.5) is 8.78 Å². The van der Waals surface area contributed by atoms with E-state index >= 15 is 8.78 Å². The number of hydrogen-bond acceptors (Lipinski definition) is 3. The lowest BCUT2D eigenvalue weighted by molar-refractivity contribution is -0.132. The van der Waals surface area contributed by atoms with Crippen LogP contribution in [0.2, 0.25) is 0 Å². The molecule has 2 nitrogen and oxygen atoms in total. The first-order valence-corrected chi connectivity index (χ1v) is 8.69. The first-order valence-electron chi connectivity index (χ1n) is 7.06. The van der Waals surface area contributed by atoms with Crippen LogP contribution in [0.5, 0.6) is 0 Å². The predicted molar refractivity (Wildman–Crippen MR) is 89.9 cm³/mol. The van der Waals surface area contributed by atoms with Crippen LogP contribution in [-0.2, 0) is 4.79 Å². The third-order valence-corrected chi connectivity index (χ3v) is 6.23. The fourth-order valence-corrected chi connectivity index (χ4v) is 4.90. The van der Waals surface area contributed by atoms with Gasteiger partial charge in [0.2, 0.25) is 5.00 Å². The number of carbonyl (C=O) groups is 1. The minimum atomic E-state index is -2.66. The predicted octanol–water partition coefficient (Wildman–Crippen LogP) is 4.37. The molecule has 3 rings (SSSR count). The number of carbonyl (C=O) groups excluding carboxylic acids is 1. The number of alkyl halides is 2. The molecule has 0 bridgehead atoms. The van der Waals surface area contributed by atoms with Crippen molar-refractivity contribution in [2.75, 3.05) is 13.6 Å². The quantitative estimate of drug-likeness (QED) is 0.816. The molecule has 1 aliphatic rings. The van der Waals surface area contributed by atoms with Crippen molar-refractivity contribution in [2.45, 2.75) is 19.8 Å². The maximum absolute atomic E-state index is 15.6. The molecular weight excluding hydrogens is 336 g/mol. The number of thioether (sulfide) groups is 2. The van der Waals surface area contributed by atoms with Crippen molar-refractivity contribution in [1.82, 2.24) is 4.90 Å². The molecule has 0 aliphatic carbocycles. The van der Waals surface area contributed by atoms with Crippen LogP contribution in [0.1, 0.15) is 0 Å². The van der Waals surface area contributed by atoms with Gasteiger partial charge in [-0.25, -0.2) is 8.78 Å². The maximum atomic E-state index is 15.6. The van der Waals surface area contributed by atoms with Crippen LogP contribution in [0.15, 0.2) is 70.5 Å². The molecule has 1 heterocycles. The highest BCUT2D eigenvalue weighted by atomic mass is 32.2. The molecule has 23 heavy (non-hydrogen) atoms. The molecule has 0 spiro atoms. The van der Waals surface area contributed by atoms with Gasteiger partial charge in [0.05, 0.1) is 6.54 Å². The van der Waals surface area contributed by atoms with Gasteiger partial charge in [0.1, 0.15) is 0 Å². The van der Waals surface area contributed by atoms with Crippen LogP contribution in [0.3, 0.4) is 0 Å². The molecule has 2 aromatic rings. The zero-order valence-electron chi connectivity index (χ0n) is 12.4. The molecule has 0 unspecified atom stereocenters. The van der Waals surface area contributed by atoms with Crippen molar-refractivity contribution >= 4 is 29.4 Å². The highest BCUT2D eigenvalue weighted by molar-refractivity contribution is 8.05. The molecular formula is C17H15F2NOS2. The minimum Gasteiger partial charge on any atom is -0.338 e. The Balaban J connectivity index is 1.95. The second-order valence-corrected chi connectivity index (χ2v) is 7.88. The molecule has 0 saturated carbocycles.